The van der Waals surface area contributed by atoms with E-state index in [0.29, 0.717) is 6.54 Å². The lowest BCUT2D eigenvalue weighted by Crippen LogP contribution is -1.99. The van der Waals surface area contributed by atoms with Crippen LogP contribution < -0.4 is 5.73 Å². The normalized spacial score (nSPS) is 8.91. The summed E-state index contributed by atoms with van der Waals surface area (Å²) in [4.78, 5) is 0. The summed E-state index contributed by atoms with van der Waals surface area (Å²) in [5.41, 5.74) is 8.01. The van der Waals surface area contributed by atoms with Gasteiger partial charge >= 0.3 is 0 Å². The topological polar surface area (TPSA) is 26.0 Å². The Kier molecular flexibility index (Phi) is 5.56. The van der Waals surface area contributed by atoms with Crippen molar-refractivity contribution in [2.45, 2.75) is 11.9 Å². The monoisotopic (exact) mass is 235 g/mol. The van der Waals surface area contributed by atoms with Crippen molar-refractivity contribution in [3.8, 4) is 0 Å². The molecule has 1 nitrogen and oxygen atoms in total. The minimum absolute atomic E-state index is 0. The molecule has 0 aliphatic heterocycles. The van der Waals surface area contributed by atoms with E-state index in [9.17, 15) is 0 Å². The van der Waals surface area contributed by atoms with E-state index in [1.165, 1.54) is 11.1 Å². The summed E-state index contributed by atoms with van der Waals surface area (Å²) in [5, 5.41) is 0.889. The molecule has 1 rings (SSSR count). The van der Waals surface area contributed by atoms with Crippen LogP contribution in [0.3, 0.4) is 0 Å². The lowest BCUT2D eigenvalue weighted by atomic mass is 10.1. The molecule has 11 heavy (non-hydrogen) atoms. The van der Waals surface area contributed by atoms with E-state index in [1.54, 1.807) is 0 Å². The average Bonchev–Trinajstić information content (AvgIpc) is 2.04. The number of hydrogen-bond donors (Lipinski definition) is 1. The molecule has 0 amide bonds. The van der Waals surface area contributed by atoms with Gasteiger partial charge in [-0.25, -0.2) is 0 Å². The maximum absolute atomic E-state index is 5.51. The summed E-state index contributed by atoms with van der Waals surface area (Å²) >= 11 is 3.39. The Morgan fingerprint density at radius 2 is 1.73 bits per heavy atom. The number of nitrogens with two attached hydrogens (primary N) is 1. The van der Waals surface area contributed by atoms with Crippen molar-refractivity contribution in [1.82, 2.24) is 0 Å². The number of hydrogen-bond acceptors (Lipinski definition) is 1. The highest BCUT2D eigenvalue weighted by Crippen LogP contribution is 2.10. The molecule has 0 fully saturated rings. The van der Waals surface area contributed by atoms with Gasteiger partial charge in [0.15, 0.2) is 0 Å². The van der Waals surface area contributed by atoms with E-state index in [0.717, 1.165) is 5.33 Å². The standard InChI is InChI=1S/C8H10BrN.ClH/c9-5-7-3-1-2-4-8(7)6-10;/h1-4H,5-6,10H2;1H. The van der Waals surface area contributed by atoms with Crippen molar-refractivity contribution in [2.24, 2.45) is 5.73 Å². The Morgan fingerprint density at radius 3 is 2.09 bits per heavy atom. The van der Waals surface area contributed by atoms with Crippen molar-refractivity contribution in [3.05, 3.63) is 35.4 Å². The Morgan fingerprint density at radius 1 is 1.18 bits per heavy atom. The molecule has 0 aliphatic rings. The molecular formula is C8H11BrClN. The van der Waals surface area contributed by atoms with Crippen molar-refractivity contribution < 1.29 is 0 Å². The predicted molar refractivity (Wildman–Crippen MR) is 54.2 cm³/mol. The zero-order chi connectivity index (χ0) is 7.40. The van der Waals surface area contributed by atoms with Crippen LogP contribution in [0.15, 0.2) is 24.3 Å². The number of alkyl halides is 1. The molecule has 0 saturated carbocycles. The fourth-order valence-electron chi connectivity index (χ4n) is 0.887. The molecule has 3 heteroatoms. The third-order valence-electron chi connectivity index (χ3n) is 1.48. The highest BCUT2D eigenvalue weighted by molar-refractivity contribution is 9.08. The summed E-state index contributed by atoms with van der Waals surface area (Å²) < 4.78 is 0. The van der Waals surface area contributed by atoms with Crippen LogP contribution in [0.4, 0.5) is 0 Å². The number of rotatable bonds is 2. The Bertz CT molecular complexity index is 192. The van der Waals surface area contributed by atoms with Crippen LogP contribution in [0, 0.1) is 0 Å². The first-order valence-corrected chi connectivity index (χ1v) is 4.33. The van der Waals surface area contributed by atoms with Gasteiger partial charge in [-0.05, 0) is 11.1 Å². The van der Waals surface area contributed by atoms with Gasteiger partial charge in [-0.2, -0.15) is 0 Å². The van der Waals surface area contributed by atoms with Crippen molar-refractivity contribution >= 4 is 28.3 Å². The van der Waals surface area contributed by atoms with Gasteiger partial charge < -0.3 is 5.73 Å². The molecule has 0 bridgehead atoms. The zero-order valence-electron chi connectivity index (χ0n) is 6.09. The average molecular weight is 237 g/mol. The first-order valence-electron chi connectivity index (χ1n) is 3.21. The minimum atomic E-state index is 0. The van der Waals surface area contributed by atoms with Crippen molar-refractivity contribution in [1.29, 1.82) is 0 Å². The fourth-order valence-corrected chi connectivity index (χ4v) is 1.43. The second-order valence-electron chi connectivity index (χ2n) is 2.11. The summed E-state index contributed by atoms with van der Waals surface area (Å²) in [6.07, 6.45) is 0. The van der Waals surface area contributed by atoms with E-state index in [-0.39, 0.29) is 12.4 Å². The zero-order valence-corrected chi connectivity index (χ0v) is 8.49. The first-order chi connectivity index (χ1) is 4.88. The van der Waals surface area contributed by atoms with E-state index >= 15 is 0 Å². The fraction of sp³-hybridized carbons (Fsp3) is 0.250. The van der Waals surface area contributed by atoms with E-state index in [2.05, 4.69) is 28.1 Å². The van der Waals surface area contributed by atoms with Gasteiger partial charge in [-0.15, -0.1) is 12.4 Å². The van der Waals surface area contributed by atoms with Crippen molar-refractivity contribution in [3.63, 3.8) is 0 Å². The van der Waals surface area contributed by atoms with Crippen LogP contribution in [0.2, 0.25) is 0 Å². The van der Waals surface area contributed by atoms with Gasteiger partial charge in [0, 0.05) is 11.9 Å². The van der Waals surface area contributed by atoms with Crippen LogP contribution in [-0.4, -0.2) is 0 Å². The quantitative estimate of drug-likeness (QED) is 0.785. The summed E-state index contributed by atoms with van der Waals surface area (Å²) in [7, 11) is 0. The van der Waals surface area contributed by atoms with Gasteiger partial charge in [-0.3, -0.25) is 0 Å². The maximum Gasteiger partial charge on any atom is 0.0286 e. The second kappa shape index (κ2) is 5.58. The largest absolute Gasteiger partial charge is 0.326 e. The van der Waals surface area contributed by atoms with Crippen LogP contribution in [-0.2, 0) is 11.9 Å². The molecule has 1 aromatic carbocycles. The molecular weight excluding hydrogens is 225 g/mol. The third kappa shape index (κ3) is 2.81. The van der Waals surface area contributed by atoms with E-state index in [4.69, 9.17) is 5.73 Å². The van der Waals surface area contributed by atoms with Gasteiger partial charge in [0.25, 0.3) is 0 Å². The van der Waals surface area contributed by atoms with Crippen LogP contribution >= 0.6 is 28.3 Å². The number of benzene rings is 1. The maximum atomic E-state index is 5.51. The van der Waals surface area contributed by atoms with Gasteiger partial charge in [0.1, 0.15) is 0 Å². The Balaban J connectivity index is 0.000001000. The molecule has 0 aliphatic carbocycles. The summed E-state index contributed by atoms with van der Waals surface area (Å²) in [6.45, 7) is 0.627. The SMILES string of the molecule is Cl.NCc1ccccc1CBr. The van der Waals surface area contributed by atoms with Gasteiger partial charge in [-0.1, -0.05) is 40.2 Å². The smallest absolute Gasteiger partial charge is 0.0286 e. The Hall–Kier alpha value is -0.0500. The summed E-state index contributed by atoms with van der Waals surface area (Å²) in [6, 6.07) is 8.16. The van der Waals surface area contributed by atoms with Crippen LogP contribution in [0.25, 0.3) is 0 Å². The molecule has 2 N–H and O–H groups in total. The van der Waals surface area contributed by atoms with Crippen LogP contribution in [0.5, 0.6) is 0 Å². The lowest BCUT2D eigenvalue weighted by molar-refractivity contribution is 1.05. The minimum Gasteiger partial charge on any atom is -0.326 e. The predicted octanol–water partition coefficient (Wildman–Crippen LogP) is 2.46. The third-order valence-corrected chi connectivity index (χ3v) is 2.09. The Labute approximate surface area is 81.5 Å². The van der Waals surface area contributed by atoms with Crippen molar-refractivity contribution in [2.75, 3.05) is 0 Å². The summed E-state index contributed by atoms with van der Waals surface area (Å²) in [5.74, 6) is 0. The molecule has 0 radical (unpaired) electrons. The molecule has 0 aromatic heterocycles. The lowest BCUT2D eigenvalue weighted by Gasteiger charge is -2.01. The molecule has 62 valence electrons. The van der Waals surface area contributed by atoms with Gasteiger partial charge in [0.05, 0.1) is 0 Å². The van der Waals surface area contributed by atoms with E-state index in [1.807, 2.05) is 12.1 Å². The molecule has 0 unspecified atom stereocenters. The number of halogens is 2. The van der Waals surface area contributed by atoms with Gasteiger partial charge in [0.2, 0.25) is 0 Å². The molecule has 0 heterocycles. The molecule has 0 saturated heterocycles. The highest BCUT2D eigenvalue weighted by atomic mass is 79.9. The van der Waals surface area contributed by atoms with E-state index < -0.39 is 0 Å². The molecule has 1 aromatic rings. The molecule has 0 atom stereocenters. The van der Waals surface area contributed by atoms with Crippen LogP contribution in [0.1, 0.15) is 11.1 Å². The second-order valence-corrected chi connectivity index (χ2v) is 2.67. The highest BCUT2D eigenvalue weighted by Gasteiger charge is 1.95. The molecule has 0 spiro atoms. The first kappa shape index (κ1) is 11.0.